The molecule has 0 heterocycles. The minimum absolute atomic E-state index is 0.0670. The highest BCUT2D eigenvalue weighted by molar-refractivity contribution is 7.48. The number of hydrogen-bond acceptors (Lipinski definition) is 3. The molecule has 0 aliphatic carbocycles. The van der Waals surface area contributed by atoms with Crippen LogP contribution in [0.1, 0.15) is 20.3 Å². The molecule has 1 unspecified atom stereocenters. The third-order valence-electron chi connectivity index (χ3n) is 0.733. The molecule has 0 bridgehead atoms. The summed E-state index contributed by atoms with van der Waals surface area (Å²) < 4.78 is 31.3. The summed E-state index contributed by atoms with van der Waals surface area (Å²) in [5.41, 5.74) is 0. The molecule has 3 nitrogen and oxygen atoms in total. The van der Waals surface area contributed by atoms with Crippen LogP contribution in [0.2, 0.25) is 0 Å². The van der Waals surface area contributed by atoms with E-state index in [-0.39, 0.29) is 13.2 Å². The van der Waals surface area contributed by atoms with Crippen molar-refractivity contribution in [1.29, 1.82) is 0 Å². The summed E-state index contributed by atoms with van der Waals surface area (Å²) in [5.74, 6) is 0. The molecule has 5 heteroatoms. The predicted octanol–water partition coefficient (Wildman–Crippen LogP) is 2.53. The van der Waals surface area contributed by atoms with E-state index in [0.717, 1.165) is 0 Å². The lowest BCUT2D eigenvalue weighted by atomic mass is 10.5. The number of rotatable bonds is 5. The topological polar surface area (TPSA) is 35.5 Å². The van der Waals surface area contributed by atoms with Gasteiger partial charge in [-0.2, -0.15) is 0 Å². The Morgan fingerprint density at radius 1 is 1.40 bits per heavy atom. The first-order valence-corrected chi connectivity index (χ1v) is 4.64. The van der Waals surface area contributed by atoms with Crippen molar-refractivity contribution in [3.05, 3.63) is 0 Å². The molecule has 10 heavy (non-hydrogen) atoms. The molecular formula is C5H12FO3P. The highest BCUT2D eigenvalue weighted by atomic mass is 31.2. The molecule has 0 rings (SSSR count). The van der Waals surface area contributed by atoms with E-state index in [1.807, 2.05) is 0 Å². The lowest BCUT2D eigenvalue weighted by Crippen LogP contribution is -1.91. The van der Waals surface area contributed by atoms with Gasteiger partial charge < -0.3 is 0 Å². The fraction of sp³-hybridized carbons (Fsp3) is 1.00. The van der Waals surface area contributed by atoms with Gasteiger partial charge in [0.05, 0.1) is 13.2 Å². The summed E-state index contributed by atoms with van der Waals surface area (Å²) in [7, 11) is -4.21. The Morgan fingerprint density at radius 3 is 2.40 bits per heavy atom. The Kier molecular flexibility index (Phi) is 4.87. The zero-order chi connectivity index (χ0) is 8.04. The summed E-state index contributed by atoms with van der Waals surface area (Å²) in [6, 6.07) is 0. The third kappa shape index (κ3) is 4.91. The maximum Gasteiger partial charge on any atom is 0.513 e. The second-order valence-corrected chi connectivity index (χ2v) is 3.06. The van der Waals surface area contributed by atoms with Crippen molar-refractivity contribution >= 4 is 7.91 Å². The maximum atomic E-state index is 12.4. The first kappa shape index (κ1) is 10.1. The van der Waals surface area contributed by atoms with Crippen molar-refractivity contribution < 1.29 is 17.8 Å². The van der Waals surface area contributed by atoms with Crippen molar-refractivity contribution in [2.24, 2.45) is 0 Å². The third-order valence-corrected chi connectivity index (χ3v) is 1.79. The van der Waals surface area contributed by atoms with Crippen LogP contribution in [0.15, 0.2) is 0 Å². The average Bonchev–Trinajstić information content (AvgIpc) is 1.84. The van der Waals surface area contributed by atoms with Gasteiger partial charge in [0.15, 0.2) is 0 Å². The quantitative estimate of drug-likeness (QED) is 0.594. The van der Waals surface area contributed by atoms with E-state index in [1.165, 1.54) is 0 Å². The van der Waals surface area contributed by atoms with Gasteiger partial charge in [-0.05, 0) is 13.3 Å². The van der Waals surface area contributed by atoms with Gasteiger partial charge in [0, 0.05) is 0 Å². The summed E-state index contributed by atoms with van der Waals surface area (Å²) in [6.45, 7) is 3.55. The average molecular weight is 170 g/mol. The van der Waals surface area contributed by atoms with E-state index in [9.17, 15) is 8.76 Å². The summed E-state index contributed by atoms with van der Waals surface area (Å²) in [4.78, 5) is 0. The minimum atomic E-state index is -4.21. The van der Waals surface area contributed by atoms with E-state index < -0.39 is 7.91 Å². The number of hydrogen-bond donors (Lipinski definition) is 0. The van der Waals surface area contributed by atoms with Gasteiger partial charge in [-0.15, -0.1) is 4.20 Å². The van der Waals surface area contributed by atoms with Crippen LogP contribution in [0, 0.1) is 0 Å². The van der Waals surface area contributed by atoms with Gasteiger partial charge in [0.25, 0.3) is 0 Å². The standard InChI is InChI=1S/C5H12FO3P/c1-3-5-9-10(6,7)8-4-2/h3-5H2,1-2H3. The molecule has 0 radical (unpaired) electrons. The Bertz CT molecular complexity index is 128. The van der Waals surface area contributed by atoms with Crippen LogP contribution in [-0.4, -0.2) is 13.2 Å². The normalized spacial score (nSPS) is 16.7. The largest absolute Gasteiger partial charge is 0.513 e. The Balaban J connectivity index is 3.53. The van der Waals surface area contributed by atoms with Gasteiger partial charge in [0.2, 0.25) is 0 Å². The number of halogens is 1. The van der Waals surface area contributed by atoms with Gasteiger partial charge in [-0.1, -0.05) is 6.92 Å². The fourth-order valence-corrected chi connectivity index (χ4v) is 1.18. The zero-order valence-electron chi connectivity index (χ0n) is 6.17. The summed E-state index contributed by atoms with van der Waals surface area (Å²) in [5, 5.41) is 0. The van der Waals surface area contributed by atoms with Gasteiger partial charge >= 0.3 is 7.91 Å². The fourth-order valence-electron chi connectivity index (χ4n) is 0.392. The summed E-state index contributed by atoms with van der Waals surface area (Å²) >= 11 is 0. The molecule has 1 atom stereocenters. The van der Waals surface area contributed by atoms with E-state index >= 15 is 0 Å². The van der Waals surface area contributed by atoms with Gasteiger partial charge in [-0.25, -0.2) is 4.57 Å². The van der Waals surface area contributed by atoms with Crippen molar-refractivity contribution in [1.82, 2.24) is 0 Å². The smallest absolute Gasteiger partial charge is 0.284 e. The molecule has 0 aliphatic rings. The molecule has 0 saturated heterocycles. The van der Waals surface area contributed by atoms with Crippen LogP contribution in [-0.2, 0) is 13.6 Å². The highest BCUT2D eigenvalue weighted by Crippen LogP contribution is 2.49. The molecule has 0 amide bonds. The van der Waals surface area contributed by atoms with Gasteiger partial charge in [0.1, 0.15) is 0 Å². The molecule has 0 spiro atoms. The Morgan fingerprint density at radius 2 is 2.00 bits per heavy atom. The van der Waals surface area contributed by atoms with E-state index in [4.69, 9.17) is 0 Å². The van der Waals surface area contributed by atoms with E-state index in [2.05, 4.69) is 9.05 Å². The van der Waals surface area contributed by atoms with Crippen molar-refractivity contribution in [3.8, 4) is 0 Å². The van der Waals surface area contributed by atoms with Crippen LogP contribution in [0.3, 0.4) is 0 Å². The van der Waals surface area contributed by atoms with Crippen molar-refractivity contribution in [2.45, 2.75) is 20.3 Å². The van der Waals surface area contributed by atoms with E-state index in [1.54, 1.807) is 13.8 Å². The summed E-state index contributed by atoms with van der Waals surface area (Å²) in [6.07, 6.45) is 0.626. The molecule has 0 aromatic rings. The Labute approximate surface area is 60.2 Å². The van der Waals surface area contributed by atoms with Crippen LogP contribution in [0.25, 0.3) is 0 Å². The van der Waals surface area contributed by atoms with Crippen LogP contribution < -0.4 is 0 Å². The monoisotopic (exact) mass is 170 g/mol. The maximum absolute atomic E-state index is 12.4. The second-order valence-electron chi connectivity index (χ2n) is 1.68. The molecule has 0 aromatic heterocycles. The molecule has 0 aromatic carbocycles. The highest BCUT2D eigenvalue weighted by Gasteiger charge is 2.21. The molecule has 0 fully saturated rings. The second kappa shape index (κ2) is 4.83. The van der Waals surface area contributed by atoms with Crippen LogP contribution >= 0.6 is 7.91 Å². The van der Waals surface area contributed by atoms with Crippen molar-refractivity contribution in [2.75, 3.05) is 13.2 Å². The molecule has 62 valence electrons. The Hall–Kier alpha value is 0.0800. The molecule has 0 N–H and O–H groups in total. The zero-order valence-corrected chi connectivity index (χ0v) is 7.07. The molecule has 0 aliphatic heterocycles. The van der Waals surface area contributed by atoms with Gasteiger partial charge in [-0.3, -0.25) is 9.05 Å². The lowest BCUT2D eigenvalue weighted by molar-refractivity contribution is 0.181. The predicted molar refractivity (Wildman–Crippen MR) is 36.6 cm³/mol. The lowest BCUT2D eigenvalue weighted by Gasteiger charge is -2.06. The van der Waals surface area contributed by atoms with Crippen molar-refractivity contribution in [3.63, 3.8) is 0 Å². The molecular weight excluding hydrogens is 158 g/mol. The first-order chi connectivity index (χ1) is 4.62. The first-order valence-electron chi connectivity index (χ1n) is 3.21. The minimum Gasteiger partial charge on any atom is -0.284 e. The van der Waals surface area contributed by atoms with Crippen LogP contribution in [0.5, 0.6) is 0 Å². The SMILES string of the molecule is CCCOP(=O)(F)OCC. The molecule has 0 saturated carbocycles. The van der Waals surface area contributed by atoms with E-state index in [0.29, 0.717) is 6.42 Å². The van der Waals surface area contributed by atoms with Crippen LogP contribution in [0.4, 0.5) is 4.20 Å².